The van der Waals surface area contributed by atoms with Crippen LogP contribution in [0.5, 0.6) is 0 Å². The van der Waals surface area contributed by atoms with E-state index >= 15 is 0 Å². The molecule has 26 heavy (non-hydrogen) atoms. The standard InChI is InChI=1S/C19H22N2O4S/c22-19(12-16-13-25-11-10-20-16)21-18-9-5-4-6-15(18)14-26(23,24)17-7-2-1-3-8-17/h1-9,16,20H,10-14H2,(H,21,22). The Morgan fingerprint density at radius 3 is 2.58 bits per heavy atom. The number of morpholine rings is 1. The zero-order valence-corrected chi connectivity index (χ0v) is 15.2. The van der Waals surface area contributed by atoms with E-state index in [4.69, 9.17) is 4.74 Å². The summed E-state index contributed by atoms with van der Waals surface area (Å²) in [5.74, 6) is -0.337. The van der Waals surface area contributed by atoms with Crippen molar-refractivity contribution in [2.45, 2.75) is 23.1 Å². The number of hydrogen-bond acceptors (Lipinski definition) is 5. The van der Waals surface area contributed by atoms with Gasteiger partial charge in [0.2, 0.25) is 5.91 Å². The molecule has 1 atom stereocenters. The van der Waals surface area contributed by atoms with E-state index in [1.165, 1.54) is 0 Å². The molecule has 0 aliphatic carbocycles. The van der Waals surface area contributed by atoms with E-state index in [2.05, 4.69) is 10.6 Å². The van der Waals surface area contributed by atoms with Crippen molar-refractivity contribution in [3.8, 4) is 0 Å². The SMILES string of the molecule is O=C(CC1COCCN1)Nc1ccccc1CS(=O)(=O)c1ccccc1. The molecule has 0 bridgehead atoms. The lowest BCUT2D eigenvalue weighted by Gasteiger charge is -2.23. The van der Waals surface area contributed by atoms with Crippen molar-refractivity contribution in [1.82, 2.24) is 5.32 Å². The Morgan fingerprint density at radius 2 is 1.85 bits per heavy atom. The predicted molar refractivity (Wildman–Crippen MR) is 99.6 cm³/mol. The normalized spacial score (nSPS) is 17.6. The van der Waals surface area contributed by atoms with Crippen LogP contribution in [0, 0.1) is 0 Å². The molecule has 0 spiro atoms. The lowest BCUT2D eigenvalue weighted by molar-refractivity contribution is -0.117. The largest absolute Gasteiger partial charge is 0.378 e. The van der Waals surface area contributed by atoms with Gasteiger partial charge in [0.05, 0.1) is 23.9 Å². The lowest BCUT2D eigenvalue weighted by atomic mass is 10.1. The minimum absolute atomic E-state index is 0.0241. The fourth-order valence-electron chi connectivity index (χ4n) is 2.86. The second-order valence-electron chi connectivity index (χ2n) is 6.21. The van der Waals surface area contributed by atoms with Crippen molar-refractivity contribution in [3.05, 3.63) is 60.2 Å². The number of hydrogen-bond donors (Lipinski definition) is 2. The first kappa shape index (κ1) is 18.6. The van der Waals surface area contributed by atoms with Gasteiger partial charge < -0.3 is 15.4 Å². The van der Waals surface area contributed by atoms with Gasteiger partial charge in [0.25, 0.3) is 0 Å². The molecule has 2 N–H and O–H groups in total. The molecule has 1 aliphatic heterocycles. The highest BCUT2D eigenvalue weighted by atomic mass is 32.2. The first-order valence-electron chi connectivity index (χ1n) is 8.51. The van der Waals surface area contributed by atoms with Gasteiger partial charge in [0, 0.05) is 24.7 Å². The van der Waals surface area contributed by atoms with Gasteiger partial charge in [-0.05, 0) is 23.8 Å². The summed E-state index contributed by atoms with van der Waals surface area (Å²) in [5, 5.41) is 6.06. The zero-order valence-electron chi connectivity index (χ0n) is 14.4. The molecule has 7 heteroatoms. The van der Waals surface area contributed by atoms with Crippen LogP contribution >= 0.6 is 0 Å². The molecule has 1 fully saturated rings. The zero-order chi connectivity index (χ0) is 18.4. The van der Waals surface area contributed by atoms with Crippen molar-refractivity contribution in [2.24, 2.45) is 0 Å². The number of carbonyl (C=O) groups is 1. The number of amides is 1. The topological polar surface area (TPSA) is 84.5 Å². The number of nitrogens with one attached hydrogen (secondary N) is 2. The summed E-state index contributed by atoms with van der Waals surface area (Å²) in [4.78, 5) is 12.6. The lowest BCUT2D eigenvalue weighted by Crippen LogP contribution is -2.43. The molecule has 0 saturated carbocycles. The number of benzene rings is 2. The van der Waals surface area contributed by atoms with Crippen LogP contribution in [0.25, 0.3) is 0 Å². The molecule has 1 heterocycles. The molecule has 2 aromatic carbocycles. The molecule has 2 aromatic rings. The van der Waals surface area contributed by atoms with Gasteiger partial charge in [-0.25, -0.2) is 8.42 Å². The molecule has 0 aromatic heterocycles. The summed E-state index contributed by atoms with van der Waals surface area (Å²) in [5.41, 5.74) is 1.09. The highest BCUT2D eigenvalue weighted by molar-refractivity contribution is 7.90. The second-order valence-corrected chi connectivity index (χ2v) is 8.20. The number of rotatable bonds is 6. The van der Waals surface area contributed by atoms with Crippen molar-refractivity contribution in [1.29, 1.82) is 0 Å². The Labute approximate surface area is 153 Å². The summed E-state index contributed by atoms with van der Waals surface area (Å²) in [6.07, 6.45) is 0.278. The van der Waals surface area contributed by atoms with Crippen LogP contribution in [-0.4, -0.2) is 40.1 Å². The highest BCUT2D eigenvalue weighted by Crippen LogP contribution is 2.22. The van der Waals surface area contributed by atoms with Crippen LogP contribution < -0.4 is 10.6 Å². The summed E-state index contributed by atoms with van der Waals surface area (Å²) >= 11 is 0. The molecular formula is C19H22N2O4S. The van der Waals surface area contributed by atoms with Crippen molar-refractivity contribution >= 4 is 21.4 Å². The van der Waals surface area contributed by atoms with Gasteiger partial charge in [-0.3, -0.25) is 4.79 Å². The first-order valence-corrected chi connectivity index (χ1v) is 10.2. The fourth-order valence-corrected chi connectivity index (χ4v) is 4.26. The maximum Gasteiger partial charge on any atom is 0.226 e. The van der Waals surface area contributed by atoms with Gasteiger partial charge in [-0.2, -0.15) is 0 Å². The van der Waals surface area contributed by atoms with E-state index in [-0.39, 0.29) is 29.0 Å². The Morgan fingerprint density at radius 1 is 1.12 bits per heavy atom. The maximum absolute atomic E-state index is 12.6. The Bertz CT molecular complexity index is 847. The molecule has 138 valence electrons. The van der Waals surface area contributed by atoms with Gasteiger partial charge in [0.15, 0.2) is 9.84 Å². The third-order valence-electron chi connectivity index (χ3n) is 4.17. The van der Waals surface area contributed by atoms with Crippen molar-refractivity contribution in [3.63, 3.8) is 0 Å². The van der Waals surface area contributed by atoms with E-state index in [1.54, 1.807) is 54.6 Å². The molecule has 3 rings (SSSR count). The number of ether oxygens (including phenoxy) is 1. The summed E-state index contributed by atoms with van der Waals surface area (Å²) in [7, 11) is -3.48. The average molecular weight is 374 g/mol. The predicted octanol–water partition coefficient (Wildman–Crippen LogP) is 1.98. The Balaban J connectivity index is 1.71. The first-order chi connectivity index (χ1) is 12.5. The van der Waals surface area contributed by atoms with E-state index in [0.717, 1.165) is 6.54 Å². The van der Waals surface area contributed by atoms with Crippen LogP contribution in [0.3, 0.4) is 0 Å². The van der Waals surface area contributed by atoms with Gasteiger partial charge in [-0.1, -0.05) is 36.4 Å². The van der Waals surface area contributed by atoms with E-state index in [9.17, 15) is 13.2 Å². The van der Waals surface area contributed by atoms with Crippen molar-refractivity contribution < 1.29 is 17.9 Å². The van der Waals surface area contributed by atoms with Crippen LogP contribution in [0.4, 0.5) is 5.69 Å². The number of sulfone groups is 1. The second kappa shape index (κ2) is 8.44. The monoisotopic (exact) mass is 374 g/mol. The van der Waals surface area contributed by atoms with Crippen LogP contribution in [0.15, 0.2) is 59.5 Å². The quantitative estimate of drug-likeness (QED) is 0.808. The number of para-hydroxylation sites is 1. The highest BCUT2D eigenvalue weighted by Gasteiger charge is 2.20. The molecule has 1 aliphatic rings. The Kier molecular flexibility index (Phi) is 6.03. The Hall–Kier alpha value is -2.22. The van der Waals surface area contributed by atoms with Crippen molar-refractivity contribution in [2.75, 3.05) is 25.1 Å². The van der Waals surface area contributed by atoms with E-state index in [1.807, 2.05) is 0 Å². The smallest absolute Gasteiger partial charge is 0.226 e. The average Bonchev–Trinajstić information content (AvgIpc) is 2.65. The molecule has 1 unspecified atom stereocenters. The maximum atomic E-state index is 12.6. The molecule has 1 saturated heterocycles. The van der Waals surface area contributed by atoms with Crippen LogP contribution in [0.2, 0.25) is 0 Å². The molecule has 1 amide bonds. The number of carbonyl (C=O) groups excluding carboxylic acids is 1. The van der Waals surface area contributed by atoms with Gasteiger partial charge in [-0.15, -0.1) is 0 Å². The minimum Gasteiger partial charge on any atom is -0.378 e. The molecule has 6 nitrogen and oxygen atoms in total. The third kappa shape index (κ3) is 4.91. The van der Waals surface area contributed by atoms with Crippen LogP contribution in [-0.2, 0) is 25.1 Å². The minimum atomic E-state index is -3.48. The third-order valence-corrected chi connectivity index (χ3v) is 5.85. The molecular weight excluding hydrogens is 352 g/mol. The summed E-state index contributed by atoms with van der Waals surface area (Å²) in [6, 6.07) is 15.3. The fraction of sp³-hybridized carbons (Fsp3) is 0.316. The van der Waals surface area contributed by atoms with Gasteiger partial charge >= 0.3 is 0 Å². The van der Waals surface area contributed by atoms with E-state index < -0.39 is 9.84 Å². The van der Waals surface area contributed by atoms with E-state index in [0.29, 0.717) is 24.5 Å². The summed E-state index contributed by atoms with van der Waals surface area (Å²) < 4.78 is 30.6. The summed E-state index contributed by atoms with van der Waals surface area (Å²) in [6.45, 7) is 1.87. The van der Waals surface area contributed by atoms with Crippen LogP contribution in [0.1, 0.15) is 12.0 Å². The van der Waals surface area contributed by atoms with Gasteiger partial charge in [0.1, 0.15) is 0 Å². The molecule has 0 radical (unpaired) electrons. The number of anilines is 1.